The van der Waals surface area contributed by atoms with Crippen LogP contribution in [0, 0.1) is 0 Å². The Labute approximate surface area is 130 Å². The summed E-state index contributed by atoms with van der Waals surface area (Å²) in [5, 5.41) is 2.28. The second-order valence-corrected chi connectivity index (χ2v) is 6.93. The molecule has 4 rings (SSSR count). The SMILES string of the molecule is CC1(C)OB(c2ccc3c(ccc4[nH]cnc43)c2)OC1(C)C. The predicted octanol–water partition coefficient (Wildman–Crippen LogP) is 3.02. The van der Waals surface area contributed by atoms with Gasteiger partial charge in [0, 0.05) is 5.39 Å². The number of hydrogen-bond acceptors (Lipinski definition) is 3. The summed E-state index contributed by atoms with van der Waals surface area (Å²) in [6.07, 6.45) is 1.73. The number of aromatic amines is 1. The molecule has 0 saturated carbocycles. The third-order valence-corrected chi connectivity index (χ3v) is 4.95. The monoisotopic (exact) mass is 294 g/mol. The molecular weight excluding hydrogens is 275 g/mol. The van der Waals surface area contributed by atoms with E-state index in [-0.39, 0.29) is 18.3 Å². The summed E-state index contributed by atoms with van der Waals surface area (Å²) in [5.41, 5.74) is 2.45. The lowest BCUT2D eigenvalue weighted by molar-refractivity contribution is 0.00578. The van der Waals surface area contributed by atoms with Crippen LogP contribution in [0.3, 0.4) is 0 Å². The first-order valence-corrected chi connectivity index (χ1v) is 7.59. The van der Waals surface area contributed by atoms with Gasteiger partial charge in [0.1, 0.15) is 0 Å². The van der Waals surface area contributed by atoms with E-state index in [1.54, 1.807) is 6.33 Å². The molecule has 0 unspecified atom stereocenters. The molecule has 1 fully saturated rings. The number of hydrogen-bond donors (Lipinski definition) is 1. The summed E-state index contributed by atoms with van der Waals surface area (Å²) in [4.78, 5) is 7.54. The second-order valence-electron chi connectivity index (χ2n) is 6.93. The molecule has 22 heavy (non-hydrogen) atoms. The van der Waals surface area contributed by atoms with Crippen LogP contribution in [-0.4, -0.2) is 28.3 Å². The summed E-state index contributed by atoms with van der Waals surface area (Å²) in [7, 11) is -0.329. The van der Waals surface area contributed by atoms with E-state index < -0.39 is 0 Å². The van der Waals surface area contributed by atoms with Gasteiger partial charge in [-0.1, -0.05) is 24.3 Å². The minimum absolute atomic E-state index is 0.321. The van der Waals surface area contributed by atoms with Crippen LogP contribution in [0.2, 0.25) is 0 Å². The van der Waals surface area contributed by atoms with Gasteiger partial charge < -0.3 is 14.3 Å². The summed E-state index contributed by atoms with van der Waals surface area (Å²) in [6, 6.07) is 10.5. The maximum absolute atomic E-state index is 6.13. The highest BCUT2D eigenvalue weighted by Gasteiger charge is 2.51. The van der Waals surface area contributed by atoms with E-state index in [0.717, 1.165) is 27.3 Å². The molecule has 1 N–H and O–H groups in total. The Kier molecular flexibility index (Phi) is 2.72. The average Bonchev–Trinajstić information content (AvgIpc) is 3.01. The van der Waals surface area contributed by atoms with Crippen molar-refractivity contribution in [3.8, 4) is 0 Å². The van der Waals surface area contributed by atoms with E-state index >= 15 is 0 Å². The molecule has 4 nitrogen and oxygen atoms in total. The highest BCUT2D eigenvalue weighted by molar-refractivity contribution is 6.62. The van der Waals surface area contributed by atoms with E-state index in [4.69, 9.17) is 9.31 Å². The lowest BCUT2D eigenvalue weighted by Crippen LogP contribution is -2.41. The number of fused-ring (bicyclic) bond motifs is 3. The maximum atomic E-state index is 6.13. The van der Waals surface area contributed by atoms with Crippen molar-refractivity contribution in [3.05, 3.63) is 36.7 Å². The van der Waals surface area contributed by atoms with E-state index in [2.05, 4.69) is 68.0 Å². The molecule has 0 atom stereocenters. The van der Waals surface area contributed by atoms with E-state index in [0.29, 0.717) is 0 Å². The lowest BCUT2D eigenvalue weighted by Gasteiger charge is -2.32. The van der Waals surface area contributed by atoms with Crippen molar-refractivity contribution in [2.24, 2.45) is 0 Å². The van der Waals surface area contributed by atoms with Gasteiger partial charge in [-0.3, -0.25) is 0 Å². The minimum atomic E-state index is -0.329. The number of rotatable bonds is 1. The Balaban J connectivity index is 1.79. The molecule has 0 bridgehead atoms. The number of imidazole rings is 1. The molecule has 2 heterocycles. The van der Waals surface area contributed by atoms with Crippen LogP contribution < -0.4 is 5.46 Å². The molecule has 0 aliphatic carbocycles. The molecule has 1 aromatic heterocycles. The number of nitrogens with zero attached hydrogens (tertiary/aromatic N) is 1. The highest BCUT2D eigenvalue weighted by atomic mass is 16.7. The van der Waals surface area contributed by atoms with E-state index in [1.807, 2.05) is 0 Å². The predicted molar refractivity (Wildman–Crippen MR) is 89.3 cm³/mol. The van der Waals surface area contributed by atoms with Crippen molar-refractivity contribution in [2.75, 3.05) is 0 Å². The topological polar surface area (TPSA) is 47.1 Å². The maximum Gasteiger partial charge on any atom is 0.494 e. The first kappa shape index (κ1) is 13.8. The summed E-state index contributed by atoms with van der Waals surface area (Å²) in [6.45, 7) is 8.28. The van der Waals surface area contributed by atoms with Gasteiger partial charge >= 0.3 is 7.12 Å². The Morgan fingerprint density at radius 2 is 1.73 bits per heavy atom. The van der Waals surface area contributed by atoms with Crippen LogP contribution >= 0.6 is 0 Å². The van der Waals surface area contributed by atoms with Gasteiger partial charge in [0.05, 0.1) is 28.6 Å². The number of nitrogens with one attached hydrogen (secondary N) is 1. The van der Waals surface area contributed by atoms with Crippen molar-refractivity contribution in [3.63, 3.8) is 0 Å². The molecule has 0 spiro atoms. The molecule has 5 heteroatoms. The normalized spacial score (nSPS) is 20.1. The molecule has 3 aromatic rings. The summed E-state index contributed by atoms with van der Waals surface area (Å²) in [5.74, 6) is 0. The molecule has 0 amide bonds. The van der Waals surface area contributed by atoms with Gasteiger partial charge in [-0.15, -0.1) is 0 Å². The Hall–Kier alpha value is -1.85. The smallest absolute Gasteiger partial charge is 0.399 e. The summed E-state index contributed by atoms with van der Waals surface area (Å²) < 4.78 is 12.3. The average molecular weight is 294 g/mol. The van der Waals surface area contributed by atoms with Crippen LogP contribution in [0.15, 0.2) is 36.7 Å². The number of benzene rings is 2. The van der Waals surface area contributed by atoms with E-state index in [9.17, 15) is 0 Å². The van der Waals surface area contributed by atoms with Crippen LogP contribution in [0.5, 0.6) is 0 Å². The number of aromatic nitrogens is 2. The van der Waals surface area contributed by atoms with Gasteiger partial charge in [0.2, 0.25) is 0 Å². The van der Waals surface area contributed by atoms with Gasteiger partial charge in [-0.05, 0) is 44.6 Å². The zero-order chi connectivity index (χ0) is 15.5. The van der Waals surface area contributed by atoms with Crippen molar-refractivity contribution in [1.29, 1.82) is 0 Å². The quantitative estimate of drug-likeness (QED) is 0.702. The molecule has 1 aliphatic heterocycles. The fourth-order valence-corrected chi connectivity index (χ4v) is 2.88. The van der Waals surface area contributed by atoms with Crippen LogP contribution in [-0.2, 0) is 9.31 Å². The number of H-pyrrole nitrogens is 1. The third-order valence-electron chi connectivity index (χ3n) is 4.95. The highest BCUT2D eigenvalue weighted by Crippen LogP contribution is 2.36. The third kappa shape index (κ3) is 1.89. The fourth-order valence-electron chi connectivity index (χ4n) is 2.88. The van der Waals surface area contributed by atoms with Crippen LogP contribution in [0.25, 0.3) is 21.8 Å². The first-order valence-electron chi connectivity index (χ1n) is 7.59. The molecule has 0 radical (unpaired) electrons. The van der Waals surface area contributed by atoms with Crippen molar-refractivity contribution >= 4 is 34.4 Å². The molecular formula is C17H19BN2O2. The van der Waals surface area contributed by atoms with Gasteiger partial charge in [-0.25, -0.2) is 4.98 Å². The molecule has 112 valence electrons. The van der Waals surface area contributed by atoms with Crippen LogP contribution in [0.1, 0.15) is 27.7 Å². The Morgan fingerprint density at radius 1 is 1.00 bits per heavy atom. The van der Waals surface area contributed by atoms with E-state index in [1.165, 1.54) is 0 Å². The summed E-state index contributed by atoms with van der Waals surface area (Å²) >= 11 is 0. The standard InChI is InChI=1S/C17H19BN2O2/c1-16(2)17(3,4)22-18(21-16)12-6-7-13-11(9-12)5-8-14-15(13)20-10-19-14/h5-10H,1-4H3,(H,19,20). The van der Waals surface area contributed by atoms with Crippen LogP contribution in [0.4, 0.5) is 0 Å². The zero-order valence-electron chi connectivity index (χ0n) is 13.3. The molecule has 1 aliphatic rings. The van der Waals surface area contributed by atoms with Gasteiger partial charge in [-0.2, -0.15) is 0 Å². The fraction of sp³-hybridized carbons (Fsp3) is 0.353. The van der Waals surface area contributed by atoms with Gasteiger partial charge in [0.25, 0.3) is 0 Å². The Morgan fingerprint density at radius 3 is 2.45 bits per heavy atom. The second kappa shape index (κ2) is 4.34. The van der Waals surface area contributed by atoms with Crippen molar-refractivity contribution in [1.82, 2.24) is 9.97 Å². The molecule has 1 saturated heterocycles. The van der Waals surface area contributed by atoms with Gasteiger partial charge in [0.15, 0.2) is 0 Å². The lowest BCUT2D eigenvalue weighted by atomic mass is 9.78. The molecule has 2 aromatic carbocycles. The minimum Gasteiger partial charge on any atom is -0.399 e. The Bertz CT molecular complexity index is 853. The zero-order valence-corrected chi connectivity index (χ0v) is 13.3. The first-order chi connectivity index (χ1) is 10.4. The largest absolute Gasteiger partial charge is 0.494 e. The van der Waals surface area contributed by atoms with Crippen molar-refractivity contribution in [2.45, 2.75) is 38.9 Å². The van der Waals surface area contributed by atoms with Crippen molar-refractivity contribution < 1.29 is 9.31 Å².